The molecule has 4 heterocycles. The summed E-state index contributed by atoms with van der Waals surface area (Å²) in [6.45, 7) is 9.74. The standard InChI is InChI=1S/C43H35N5/c1-4-13-39-47-36-20-10-9-19-33(36)35-24-25-46(31-17-12-14-29(26-31)27-45-43(44-3)30-15-6-5-7-16-30)38-23-22-34-32-18-8-11-21-37(32)48(39)42(34)40(38)28(2)41(35)47/h4-26,43-45H,1-2,27H2,3H3/b25-24?,39-13-. The van der Waals surface area contributed by atoms with Gasteiger partial charge >= 0.3 is 0 Å². The van der Waals surface area contributed by atoms with E-state index in [2.05, 4.69) is 164 Å². The number of nitrogens with zero attached hydrogens (tertiary/aromatic N) is 3. The summed E-state index contributed by atoms with van der Waals surface area (Å²) in [5.74, 6) is 0. The van der Waals surface area contributed by atoms with Crippen molar-refractivity contribution < 1.29 is 0 Å². The van der Waals surface area contributed by atoms with Gasteiger partial charge in [0.25, 0.3) is 0 Å². The Balaban J connectivity index is 1.38. The van der Waals surface area contributed by atoms with Crippen LogP contribution in [-0.2, 0) is 6.54 Å². The predicted molar refractivity (Wildman–Crippen MR) is 202 cm³/mol. The van der Waals surface area contributed by atoms with Gasteiger partial charge in [-0.2, -0.15) is 0 Å². The number of para-hydroxylation sites is 2. The molecule has 9 aromatic rings. The summed E-state index contributed by atoms with van der Waals surface area (Å²) in [6, 6.07) is 43.5. The van der Waals surface area contributed by atoms with Crippen LogP contribution in [0.15, 0.2) is 140 Å². The van der Waals surface area contributed by atoms with Crippen LogP contribution in [-0.4, -0.2) is 20.4 Å². The van der Waals surface area contributed by atoms with E-state index in [0.717, 1.165) is 54.7 Å². The molecule has 232 valence electrons. The second kappa shape index (κ2) is 11.1. The highest BCUT2D eigenvalue weighted by molar-refractivity contribution is 6.19. The number of allylic oxidation sites excluding steroid dienone is 1. The van der Waals surface area contributed by atoms with Gasteiger partial charge in [-0.3, -0.25) is 14.1 Å². The van der Waals surface area contributed by atoms with Gasteiger partial charge in [0, 0.05) is 50.6 Å². The fraction of sp³-hybridized carbons (Fsp3) is 0.0698. The Kier molecular flexibility index (Phi) is 6.57. The zero-order valence-electron chi connectivity index (χ0n) is 26.8. The maximum atomic E-state index is 4.87. The average molecular weight is 622 g/mol. The maximum Gasteiger partial charge on any atom is 0.122 e. The van der Waals surface area contributed by atoms with Gasteiger partial charge in [-0.25, -0.2) is 0 Å². The van der Waals surface area contributed by atoms with Gasteiger partial charge in [0.05, 0.1) is 33.7 Å². The Morgan fingerprint density at radius 2 is 1.38 bits per heavy atom. The molecule has 5 nitrogen and oxygen atoms in total. The summed E-state index contributed by atoms with van der Waals surface area (Å²) in [6.07, 6.45) is 6.30. The fourth-order valence-electron chi connectivity index (χ4n) is 7.75. The Hall–Kier alpha value is -5.88. The third-order valence-corrected chi connectivity index (χ3v) is 9.81. The van der Waals surface area contributed by atoms with Gasteiger partial charge in [0.15, 0.2) is 0 Å². The van der Waals surface area contributed by atoms with Crippen molar-refractivity contribution in [1.29, 1.82) is 0 Å². The summed E-state index contributed by atoms with van der Waals surface area (Å²) in [7, 11) is 1.99. The number of benzene rings is 5. The molecule has 0 aliphatic carbocycles. The smallest absolute Gasteiger partial charge is 0.122 e. The van der Waals surface area contributed by atoms with E-state index in [1.165, 1.54) is 27.3 Å². The van der Waals surface area contributed by atoms with Crippen LogP contribution in [0.3, 0.4) is 0 Å². The summed E-state index contributed by atoms with van der Waals surface area (Å²) < 4.78 is 7.12. The van der Waals surface area contributed by atoms with Crippen molar-refractivity contribution in [3.63, 3.8) is 0 Å². The van der Waals surface area contributed by atoms with Crippen LogP contribution in [0, 0.1) is 0 Å². The van der Waals surface area contributed by atoms with E-state index < -0.39 is 0 Å². The summed E-state index contributed by atoms with van der Waals surface area (Å²) in [4.78, 5) is 0. The maximum absolute atomic E-state index is 4.87. The third kappa shape index (κ3) is 4.12. The number of fused-ring (bicyclic) bond motifs is 6. The molecule has 0 radical (unpaired) electrons. The molecule has 1 atom stereocenters. The molecule has 0 aliphatic rings. The van der Waals surface area contributed by atoms with Crippen molar-refractivity contribution in [2.45, 2.75) is 12.7 Å². The normalized spacial score (nSPS) is 13.1. The molecule has 5 aromatic carbocycles. The molecule has 9 rings (SSSR count). The minimum atomic E-state index is 0.0471. The van der Waals surface area contributed by atoms with Gasteiger partial charge in [0.2, 0.25) is 0 Å². The number of hydrogen-bond acceptors (Lipinski definition) is 2. The lowest BCUT2D eigenvalue weighted by Crippen LogP contribution is -2.31. The molecule has 48 heavy (non-hydrogen) atoms. The molecule has 1 unspecified atom stereocenters. The zero-order valence-corrected chi connectivity index (χ0v) is 26.8. The van der Waals surface area contributed by atoms with E-state index in [1.54, 1.807) is 0 Å². The number of rotatable bonds is 7. The van der Waals surface area contributed by atoms with Crippen molar-refractivity contribution in [3.05, 3.63) is 162 Å². The van der Waals surface area contributed by atoms with Crippen LogP contribution < -0.4 is 21.3 Å². The predicted octanol–water partition coefficient (Wildman–Crippen LogP) is 7.98. The first-order valence-electron chi connectivity index (χ1n) is 16.4. The monoisotopic (exact) mass is 621 g/mol. The number of nitrogens with one attached hydrogen (secondary N) is 2. The minimum Gasteiger partial charge on any atom is -0.316 e. The van der Waals surface area contributed by atoms with E-state index in [0.29, 0.717) is 6.54 Å². The van der Waals surface area contributed by atoms with Crippen molar-refractivity contribution in [2.24, 2.45) is 0 Å². The Morgan fingerprint density at radius 1 is 0.688 bits per heavy atom. The molecule has 4 aromatic heterocycles. The van der Waals surface area contributed by atoms with E-state index in [9.17, 15) is 0 Å². The van der Waals surface area contributed by atoms with Crippen LogP contribution in [0.2, 0.25) is 0 Å². The van der Waals surface area contributed by atoms with Gasteiger partial charge in [-0.1, -0.05) is 104 Å². The van der Waals surface area contributed by atoms with E-state index >= 15 is 0 Å². The highest BCUT2D eigenvalue weighted by atomic mass is 15.1. The van der Waals surface area contributed by atoms with E-state index in [1.807, 2.05) is 13.1 Å². The molecule has 5 heteroatoms. The first kappa shape index (κ1) is 28.4. The largest absolute Gasteiger partial charge is 0.316 e. The highest BCUT2D eigenvalue weighted by Gasteiger charge is 2.20. The second-order valence-electron chi connectivity index (χ2n) is 12.4. The molecule has 0 saturated heterocycles. The molecular formula is C43H35N5. The fourth-order valence-corrected chi connectivity index (χ4v) is 7.75. The van der Waals surface area contributed by atoms with Crippen molar-refractivity contribution in [3.8, 4) is 5.69 Å². The van der Waals surface area contributed by atoms with Crippen LogP contribution in [0.4, 0.5) is 0 Å². The Bertz CT molecular complexity index is 2820. The lowest BCUT2D eigenvalue weighted by atomic mass is 10.1. The number of aromatic nitrogens is 3. The summed E-state index contributed by atoms with van der Waals surface area (Å²) in [5, 5.41) is 14.0. The first-order chi connectivity index (χ1) is 23.7. The number of hydrogen-bond donors (Lipinski definition) is 2. The lowest BCUT2D eigenvalue weighted by Gasteiger charge is -2.19. The van der Waals surface area contributed by atoms with Gasteiger partial charge in [0.1, 0.15) is 5.48 Å². The van der Waals surface area contributed by atoms with Crippen molar-refractivity contribution in [1.82, 2.24) is 24.0 Å². The van der Waals surface area contributed by atoms with Crippen LogP contribution in [0.5, 0.6) is 0 Å². The summed E-state index contributed by atoms with van der Waals surface area (Å²) >= 11 is 0. The van der Waals surface area contributed by atoms with E-state index in [4.69, 9.17) is 6.58 Å². The van der Waals surface area contributed by atoms with Crippen LogP contribution in [0.25, 0.3) is 72.9 Å². The first-order valence-corrected chi connectivity index (χ1v) is 16.4. The van der Waals surface area contributed by atoms with Crippen molar-refractivity contribution >= 4 is 67.2 Å². The zero-order chi connectivity index (χ0) is 32.4. The average Bonchev–Trinajstić information content (AvgIpc) is 3.59. The quantitative estimate of drug-likeness (QED) is 0.177. The van der Waals surface area contributed by atoms with Crippen molar-refractivity contribution in [2.75, 3.05) is 7.05 Å². The SMILES string of the molecule is C=C/C=c1/n2c3ccccc3c3ccn(-c4cccc(CNC(NC)c5ccccc5)c4)c4ccc5c6ccccc6n1c5c4c(=C)c32. The molecular weight excluding hydrogens is 587 g/mol. The lowest BCUT2D eigenvalue weighted by molar-refractivity contribution is 0.473. The van der Waals surface area contributed by atoms with Gasteiger partial charge in [-0.15, -0.1) is 0 Å². The molecule has 0 saturated carbocycles. The van der Waals surface area contributed by atoms with Gasteiger partial charge < -0.3 is 9.88 Å². The topological polar surface area (TPSA) is 37.8 Å². The highest BCUT2D eigenvalue weighted by Crippen LogP contribution is 2.34. The summed E-state index contributed by atoms with van der Waals surface area (Å²) in [5.41, 5.74) is 10.2. The molecule has 2 bridgehead atoms. The second-order valence-corrected chi connectivity index (χ2v) is 12.4. The Labute approximate surface area is 278 Å². The third-order valence-electron chi connectivity index (χ3n) is 9.81. The Morgan fingerprint density at radius 3 is 2.10 bits per heavy atom. The molecule has 0 amide bonds. The van der Waals surface area contributed by atoms with Crippen LogP contribution in [0.1, 0.15) is 17.3 Å². The van der Waals surface area contributed by atoms with Crippen LogP contribution >= 0.6 is 0 Å². The van der Waals surface area contributed by atoms with E-state index in [-0.39, 0.29) is 6.17 Å². The minimum absolute atomic E-state index is 0.0471. The molecule has 2 N–H and O–H groups in total. The molecule has 0 aliphatic heterocycles. The molecule has 0 spiro atoms. The molecule has 0 fully saturated rings. The van der Waals surface area contributed by atoms with Gasteiger partial charge in [-0.05, 0) is 60.6 Å².